The minimum atomic E-state index is -3.99. The van der Waals surface area contributed by atoms with Crippen LogP contribution < -0.4 is 5.73 Å². The molecule has 0 saturated heterocycles. The van der Waals surface area contributed by atoms with Crippen LogP contribution in [0, 0.1) is 12.8 Å². The Hall–Kier alpha value is -2.35. The van der Waals surface area contributed by atoms with E-state index in [0.29, 0.717) is 11.4 Å². The minimum absolute atomic E-state index is 0.0332. The van der Waals surface area contributed by atoms with Crippen LogP contribution in [0.1, 0.15) is 31.5 Å². The largest absolute Gasteiger partial charge is 0.368 e. The summed E-state index contributed by atoms with van der Waals surface area (Å²) in [6.45, 7) is 5.85. The molecule has 0 aliphatic heterocycles. The Morgan fingerprint density at radius 2 is 1.80 bits per heavy atom. The maximum absolute atomic E-state index is 13.5. The number of carbonyl (C=O) groups excluding carboxylic acids is 1. The van der Waals surface area contributed by atoms with E-state index in [0.717, 1.165) is 22.2 Å². The van der Waals surface area contributed by atoms with Crippen LogP contribution in [0.3, 0.4) is 0 Å². The van der Waals surface area contributed by atoms with Gasteiger partial charge in [0, 0.05) is 22.8 Å². The second kappa shape index (κ2) is 8.79. The molecule has 160 valence electrons. The van der Waals surface area contributed by atoms with Gasteiger partial charge in [0.1, 0.15) is 6.04 Å². The van der Waals surface area contributed by atoms with Crippen molar-refractivity contribution >= 4 is 38.4 Å². The van der Waals surface area contributed by atoms with Gasteiger partial charge in [-0.25, -0.2) is 8.42 Å². The zero-order chi connectivity index (χ0) is 22.1. The SMILES string of the molecule is Cc1cc2cc(CN([C@H](CC(C)C)C(N)=O)S(=O)(=O)c3ccc(Cl)cc3)ccc2[nH]1. The molecule has 0 saturated carbocycles. The van der Waals surface area contributed by atoms with Crippen molar-refractivity contribution in [3.63, 3.8) is 0 Å². The molecule has 2 aromatic carbocycles. The van der Waals surface area contributed by atoms with Gasteiger partial charge in [-0.1, -0.05) is 31.5 Å². The average Bonchev–Trinajstić information content (AvgIpc) is 3.03. The molecule has 30 heavy (non-hydrogen) atoms. The number of rotatable bonds is 8. The third-order valence-electron chi connectivity index (χ3n) is 4.95. The number of hydrogen-bond acceptors (Lipinski definition) is 3. The van der Waals surface area contributed by atoms with Crippen LogP contribution in [0.25, 0.3) is 10.9 Å². The number of carbonyl (C=O) groups is 1. The minimum Gasteiger partial charge on any atom is -0.368 e. The van der Waals surface area contributed by atoms with Crippen molar-refractivity contribution in [3.8, 4) is 0 Å². The Kier molecular flexibility index (Phi) is 6.55. The Bertz CT molecular complexity index is 1150. The van der Waals surface area contributed by atoms with Crippen molar-refractivity contribution < 1.29 is 13.2 Å². The van der Waals surface area contributed by atoms with E-state index >= 15 is 0 Å². The highest BCUT2D eigenvalue weighted by atomic mass is 35.5. The number of benzene rings is 2. The van der Waals surface area contributed by atoms with Crippen molar-refractivity contribution in [1.82, 2.24) is 9.29 Å². The zero-order valence-corrected chi connectivity index (χ0v) is 18.8. The molecule has 0 spiro atoms. The first-order valence-electron chi connectivity index (χ1n) is 9.73. The molecule has 8 heteroatoms. The molecule has 0 bridgehead atoms. The van der Waals surface area contributed by atoms with Crippen molar-refractivity contribution in [1.29, 1.82) is 0 Å². The molecule has 0 fully saturated rings. The van der Waals surface area contributed by atoms with Crippen molar-refractivity contribution in [2.75, 3.05) is 0 Å². The number of nitrogens with zero attached hydrogens (tertiary/aromatic N) is 1. The predicted molar refractivity (Wildman–Crippen MR) is 120 cm³/mol. The quantitative estimate of drug-likeness (QED) is 0.541. The summed E-state index contributed by atoms with van der Waals surface area (Å²) in [5.74, 6) is -0.583. The molecule has 0 aliphatic rings. The van der Waals surface area contributed by atoms with E-state index in [4.69, 9.17) is 17.3 Å². The number of aromatic nitrogens is 1. The predicted octanol–water partition coefficient (Wildman–Crippen LogP) is 4.22. The number of halogens is 1. The van der Waals surface area contributed by atoms with Crippen LogP contribution in [0.2, 0.25) is 5.02 Å². The smallest absolute Gasteiger partial charge is 0.244 e. The molecule has 3 rings (SSSR count). The maximum Gasteiger partial charge on any atom is 0.244 e. The van der Waals surface area contributed by atoms with Gasteiger partial charge in [0.25, 0.3) is 0 Å². The lowest BCUT2D eigenvalue weighted by molar-refractivity contribution is -0.122. The van der Waals surface area contributed by atoms with Gasteiger partial charge < -0.3 is 10.7 Å². The van der Waals surface area contributed by atoms with E-state index in [-0.39, 0.29) is 17.4 Å². The summed E-state index contributed by atoms with van der Waals surface area (Å²) in [5, 5.41) is 1.41. The molecule has 3 N–H and O–H groups in total. The number of aryl methyl sites for hydroxylation is 1. The van der Waals surface area contributed by atoms with Gasteiger partial charge in [0.2, 0.25) is 15.9 Å². The number of nitrogens with one attached hydrogen (secondary N) is 1. The molecule has 0 aliphatic carbocycles. The molecule has 1 amide bonds. The second-order valence-corrected chi connectivity index (χ2v) is 10.3. The monoisotopic (exact) mass is 447 g/mol. The van der Waals surface area contributed by atoms with Crippen LogP contribution in [0.15, 0.2) is 53.4 Å². The van der Waals surface area contributed by atoms with E-state index in [1.54, 1.807) is 0 Å². The number of primary amides is 1. The van der Waals surface area contributed by atoms with Gasteiger partial charge in [-0.2, -0.15) is 4.31 Å². The Labute approximate surface area is 182 Å². The highest BCUT2D eigenvalue weighted by Gasteiger charge is 2.35. The number of aromatic amines is 1. The molecule has 1 aromatic heterocycles. The summed E-state index contributed by atoms with van der Waals surface area (Å²) in [4.78, 5) is 15.6. The van der Waals surface area contributed by atoms with Gasteiger partial charge in [-0.3, -0.25) is 4.79 Å². The summed E-state index contributed by atoms with van der Waals surface area (Å²) >= 11 is 5.92. The van der Waals surface area contributed by atoms with Gasteiger partial charge in [0.05, 0.1) is 4.90 Å². The number of amides is 1. The van der Waals surface area contributed by atoms with Gasteiger partial charge in [0.15, 0.2) is 0 Å². The zero-order valence-electron chi connectivity index (χ0n) is 17.2. The molecular weight excluding hydrogens is 422 g/mol. The Morgan fingerprint density at radius 1 is 1.13 bits per heavy atom. The number of fused-ring (bicyclic) bond motifs is 1. The van der Waals surface area contributed by atoms with E-state index < -0.39 is 22.0 Å². The Morgan fingerprint density at radius 3 is 2.40 bits per heavy atom. The molecule has 3 aromatic rings. The van der Waals surface area contributed by atoms with Crippen LogP contribution in [0.4, 0.5) is 0 Å². The first-order chi connectivity index (χ1) is 14.1. The third-order valence-corrected chi connectivity index (χ3v) is 7.07. The summed E-state index contributed by atoms with van der Waals surface area (Å²) < 4.78 is 28.2. The van der Waals surface area contributed by atoms with E-state index in [2.05, 4.69) is 4.98 Å². The maximum atomic E-state index is 13.5. The highest BCUT2D eigenvalue weighted by molar-refractivity contribution is 7.89. The number of sulfonamides is 1. The van der Waals surface area contributed by atoms with Crippen molar-refractivity contribution in [2.45, 2.75) is 44.7 Å². The Balaban J connectivity index is 2.07. The summed E-state index contributed by atoms with van der Waals surface area (Å²) in [5.41, 5.74) is 8.42. The average molecular weight is 448 g/mol. The van der Waals surface area contributed by atoms with Crippen molar-refractivity contribution in [3.05, 3.63) is 64.8 Å². The van der Waals surface area contributed by atoms with E-state index in [1.807, 2.05) is 45.0 Å². The number of hydrogen-bond donors (Lipinski definition) is 2. The van der Waals surface area contributed by atoms with Gasteiger partial charge >= 0.3 is 0 Å². The van der Waals surface area contributed by atoms with Gasteiger partial charge in [-0.15, -0.1) is 0 Å². The standard InChI is InChI=1S/C22H26ClN3O3S/c1-14(2)10-21(22(24)27)26(30(28,29)19-7-5-18(23)6-8-19)13-16-4-9-20-17(12-16)11-15(3)25-20/h4-9,11-12,14,21,25H,10,13H2,1-3H3,(H2,24,27)/t21-/m1/s1. The highest BCUT2D eigenvalue weighted by Crippen LogP contribution is 2.27. The fourth-order valence-electron chi connectivity index (χ4n) is 3.53. The van der Waals surface area contributed by atoms with Crippen LogP contribution in [-0.2, 0) is 21.4 Å². The lowest BCUT2D eigenvalue weighted by Gasteiger charge is -2.30. The molecule has 1 atom stereocenters. The lowest BCUT2D eigenvalue weighted by atomic mass is 10.0. The number of H-pyrrole nitrogens is 1. The molecule has 6 nitrogen and oxygen atoms in total. The molecule has 0 unspecified atom stereocenters. The van der Waals surface area contributed by atoms with Crippen LogP contribution >= 0.6 is 11.6 Å². The van der Waals surface area contributed by atoms with E-state index in [1.165, 1.54) is 28.6 Å². The molecule has 0 radical (unpaired) electrons. The lowest BCUT2D eigenvalue weighted by Crippen LogP contribution is -2.48. The molecular formula is C22H26ClN3O3S. The summed E-state index contributed by atoms with van der Waals surface area (Å²) in [6, 6.07) is 12.6. The van der Waals surface area contributed by atoms with Crippen LogP contribution in [-0.4, -0.2) is 29.7 Å². The topological polar surface area (TPSA) is 96.3 Å². The van der Waals surface area contributed by atoms with E-state index in [9.17, 15) is 13.2 Å². The molecule has 1 heterocycles. The third kappa shape index (κ3) is 4.86. The normalized spacial score (nSPS) is 13.3. The number of nitrogens with two attached hydrogens (primary N) is 1. The second-order valence-electron chi connectivity index (χ2n) is 7.93. The first kappa shape index (κ1) is 22.3. The first-order valence-corrected chi connectivity index (χ1v) is 11.5. The van der Waals surface area contributed by atoms with Crippen molar-refractivity contribution in [2.24, 2.45) is 11.7 Å². The van der Waals surface area contributed by atoms with Crippen LogP contribution in [0.5, 0.6) is 0 Å². The van der Waals surface area contributed by atoms with Gasteiger partial charge in [-0.05, 0) is 72.7 Å². The fraction of sp³-hybridized carbons (Fsp3) is 0.318. The summed E-state index contributed by atoms with van der Waals surface area (Å²) in [7, 11) is -3.99. The summed E-state index contributed by atoms with van der Waals surface area (Å²) in [6.07, 6.45) is 0.327. The fourth-order valence-corrected chi connectivity index (χ4v) is 5.25.